The highest BCUT2D eigenvalue weighted by atomic mass is 16.5. The summed E-state index contributed by atoms with van der Waals surface area (Å²) in [6, 6.07) is 4.03. The molecule has 4 heterocycles. The second-order valence-electron chi connectivity index (χ2n) is 9.86. The summed E-state index contributed by atoms with van der Waals surface area (Å²) >= 11 is 0. The van der Waals surface area contributed by atoms with E-state index < -0.39 is 0 Å². The summed E-state index contributed by atoms with van der Waals surface area (Å²) in [6.45, 7) is 10.5. The molecule has 1 saturated carbocycles. The van der Waals surface area contributed by atoms with Gasteiger partial charge in [-0.1, -0.05) is 19.3 Å². The summed E-state index contributed by atoms with van der Waals surface area (Å²) in [4.78, 5) is 30.3. The number of anilines is 1. The van der Waals surface area contributed by atoms with Gasteiger partial charge in [0.1, 0.15) is 5.52 Å². The molecule has 0 spiro atoms. The smallest absolute Gasteiger partial charge is 0.294 e. The molecule has 1 saturated heterocycles. The molecule has 182 valence electrons. The second-order valence-corrected chi connectivity index (χ2v) is 9.86. The fraction of sp³-hybridized carbons (Fsp3) is 0.615. The van der Waals surface area contributed by atoms with Crippen molar-refractivity contribution in [2.24, 2.45) is 10.9 Å². The maximum Gasteiger partial charge on any atom is 0.294 e. The Bertz CT molecular complexity index is 1160. The largest absolute Gasteiger partial charge is 0.379 e. The zero-order chi connectivity index (χ0) is 23.5. The minimum absolute atomic E-state index is 0.0628. The Morgan fingerprint density at radius 2 is 1.88 bits per heavy atom. The van der Waals surface area contributed by atoms with E-state index in [9.17, 15) is 4.79 Å². The van der Waals surface area contributed by atoms with E-state index in [1.165, 1.54) is 37.7 Å². The highest BCUT2D eigenvalue weighted by molar-refractivity contribution is 6.24. The number of hydrogen-bond acceptors (Lipinski definition) is 7. The van der Waals surface area contributed by atoms with Crippen LogP contribution in [0.5, 0.6) is 0 Å². The van der Waals surface area contributed by atoms with Crippen LogP contribution in [0.15, 0.2) is 27.5 Å². The van der Waals surface area contributed by atoms with Crippen LogP contribution in [0.1, 0.15) is 51.6 Å². The van der Waals surface area contributed by atoms with Crippen molar-refractivity contribution in [3.8, 4) is 0 Å². The molecule has 1 aliphatic carbocycles. The van der Waals surface area contributed by atoms with Crippen molar-refractivity contribution < 1.29 is 4.74 Å². The molecule has 0 unspecified atom stereocenters. The zero-order valence-corrected chi connectivity index (χ0v) is 20.5. The first-order valence-corrected chi connectivity index (χ1v) is 12.8. The van der Waals surface area contributed by atoms with Gasteiger partial charge in [-0.25, -0.2) is 9.97 Å². The van der Waals surface area contributed by atoms with E-state index in [0.717, 1.165) is 61.9 Å². The van der Waals surface area contributed by atoms with Crippen LogP contribution in [0.25, 0.3) is 16.7 Å². The lowest BCUT2D eigenvalue weighted by Crippen LogP contribution is -2.39. The molecule has 5 rings (SSSR count). The van der Waals surface area contributed by atoms with Crippen LogP contribution >= 0.6 is 0 Å². The van der Waals surface area contributed by atoms with Crippen LogP contribution in [-0.2, 0) is 11.3 Å². The number of pyridine rings is 1. The number of hydrogen-bond donors (Lipinski definition) is 1. The quantitative estimate of drug-likeness (QED) is 0.676. The summed E-state index contributed by atoms with van der Waals surface area (Å²) < 4.78 is 7.32. The number of nitrogens with one attached hydrogen (secondary N) is 1. The first-order chi connectivity index (χ1) is 16.6. The summed E-state index contributed by atoms with van der Waals surface area (Å²) in [7, 11) is 0. The molecule has 8 nitrogen and oxygen atoms in total. The third-order valence-corrected chi connectivity index (χ3v) is 7.38. The van der Waals surface area contributed by atoms with E-state index in [2.05, 4.69) is 22.1 Å². The second kappa shape index (κ2) is 10.4. The maximum absolute atomic E-state index is 13.6. The Balaban J connectivity index is 1.47. The minimum atomic E-state index is -0.0628. The molecule has 0 aromatic carbocycles. The zero-order valence-electron chi connectivity index (χ0n) is 20.5. The van der Waals surface area contributed by atoms with Crippen LogP contribution in [0.2, 0.25) is 0 Å². The van der Waals surface area contributed by atoms with Gasteiger partial charge in [-0.3, -0.25) is 19.3 Å². The van der Waals surface area contributed by atoms with Crippen molar-refractivity contribution in [1.29, 1.82) is 0 Å². The van der Waals surface area contributed by atoms with E-state index in [0.29, 0.717) is 30.5 Å². The summed E-state index contributed by atoms with van der Waals surface area (Å²) in [6.07, 6.45) is 6.13. The van der Waals surface area contributed by atoms with Crippen molar-refractivity contribution in [2.45, 2.75) is 52.5 Å². The highest BCUT2D eigenvalue weighted by Crippen LogP contribution is 2.28. The molecule has 3 aliphatic rings. The molecule has 2 aromatic rings. The van der Waals surface area contributed by atoms with Gasteiger partial charge in [0, 0.05) is 44.0 Å². The van der Waals surface area contributed by atoms with Gasteiger partial charge in [-0.2, -0.15) is 0 Å². The van der Waals surface area contributed by atoms with Crippen LogP contribution in [0.4, 0.5) is 5.82 Å². The summed E-state index contributed by atoms with van der Waals surface area (Å²) in [5.74, 6) is 0.944. The van der Waals surface area contributed by atoms with Gasteiger partial charge < -0.3 is 10.1 Å². The molecule has 0 amide bonds. The van der Waals surface area contributed by atoms with Crippen LogP contribution in [0.3, 0.4) is 0 Å². The van der Waals surface area contributed by atoms with Gasteiger partial charge in [0.2, 0.25) is 0 Å². The van der Waals surface area contributed by atoms with E-state index in [4.69, 9.17) is 14.7 Å². The third kappa shape index (κ3) is 4.93. The van der Waals surface area contributed by atoms with Crippen molar-refractivity contribution in [3.05, 3.63) is 33.8 Å². The lowest BCUT2D eigenvalue weighted by atomic mass is 9.89. The van der Waals surface area contributed by atoms with E-state index in [1.807, 2.05) is 23.6 Å². The average Bonchev–Trinajstić information content (AvgIpc) is 3.20. The van der Waals surface area contributed by atoms with Crippen molar-refractivity contribution in [3.63, 3.8) is 0 Å². The normalized spacial score (nSPS) is 20.2. The molecule has 2 aromatic heterocycles. The van der Waals surface area contributed by atoms with Crippen LogP contribution < -0.4 is 10.9 Å². The van der Waals surface area contributed by atoms with Gasteiger partial charge in [0.05, 0.1) is 25.5 Å². The van der Waals surface area contributed by atoms with E-state index >= 15 is 0 Å². The number of aliphatic imine (C=N–C) groups is 1. The molecular weight excluding hydrogens is 428 g/mol. The Kier molecular flexibility index (Phi) is 7.06. The molecule has 0 bridgehead atoms. The minimum Gasteiger partial charge on any atom is -0.379 e. The molecular formula is C26H36N6O2. The SMILES string of the molecule is CC1=NCC(C)=C1c1ccc2nc(NCCN3CCOCC3)c(=O)n(CC3CCCCC3)c2n1. The Hall–Kier alpha value is -2.58. The van der Waals surface area contributed by atoms with Gasteiger partial charge in [-0.15, -0.1) is 0 Å². The van der Waals surface area contributed by atoms with Crippen molar-refractivity contribution in [2.75, 3.05) is 51.3 Å². The van der Waals surface area contributed by atoms with Gasteiger partial charge >= 0.3 is 0 Å². The molecule has 34 heavy (non-hydrogen) atoms. The number of rotatable bonds is 7. The van der Waals surface area contributed by atoms with Crippen molar-refractivity contribution >= 4 is 28.3 Å². The first-order valence-electron chi connectivity index (χ1n) is 12.8. The summed E-state index contributed by atoms with van der Waals surface area (Å²) in [5, 5.41) is 3.33. The first kappa shape index (κ1) is 23.2. The molecule has 0 radical (unpaired) electrons. The van der Waals surface area contributed by atoms with Gasteiger partial charge in [0.25, 0.3) is 5.56 Å². The number of morpholine rings is 1. The van der Waals surface area contributed by atoms with Crippen LogP contribution in [-0.4, -0.2) is 71.1 Å². The Morgan fingerprint density at radius 1 is 1.09 bits per heavy atom. The molecule has 2 fully saturated rings. The highest BCUT2D eigenvalue weighted by Gasteiger charge is 2.21. The fourth-order valence-corrected chi connectivity index (χ4v) is 5.44. The molecule has 1 N–H and O–H groups in total. The van der Waals surface area contributed by atoms with Crippen molar-refractivity contribution in [1.82, 2.24) is 19.4 Å². The van der Waals surface area contributed by atoms with Gasteiger partial charge in [0.15, 0.2) is 11.5 Å². The number of aromatic nitrogens is 3. The Morgan fingerprint density at radius 3 is 2.62 bits per heavy atom. The van der Waals surface area contributed by atoms with Crippen LogP contribution in [0, 0.1) is 5.92 Å². The topological polar surface area (TPSA) is 84.6 Å². The standard InChI is InChI=1S/C26H36N6O2/c1-18-16-28-19(2)23(18)21-8-9-22-25(30-21)32(17-20-6-4-3-5-7-20)26(33)24(29-22)27-10-11-31-12-14-34-15-13-31/h8-9,20H,3-7,10-17H2,1-2H3,(H,27,29). The Labute approximate surface area is 201 Å². The number of nitrogens with zero attached hydrogens (tertiary/aromatic N) is 5. The van der Waals surface area contributed by atoms with Gasteiger partial charge in [-0.05, 0) is 50.3 Å². The predicted octanol–water partition coefficient (Wildman–Crippen LogP) is 3.36. The predicted molar refractivity (Wildman–Crippen MR) is 137 cm³/mol. The third-order valence-electron chi connectivity index (χ3n) is 7.38. The van der Waals surface area contributed by atoms with E-state index in [1.54, 1.807) is 0 Å². The fourth-order valence-electron chi connectivity index (χ4n) is 5.44. The molecule has 8 heteroatoms. The average molecular weight is 465 g/mol. The summed E-state index contributed by atoms with van der Waals surface area (Å²) in [5.41, 5.74) is 5.61. The number of allylic oxidation sites excluding steroid dienone is 1. The maximum atomic E-state index is 13.6. The lowest BCUT2D eigenvalue weighted by molar-refractivity contribution is 0.0398. The molecule has 0 atom stereocenters. The monoisotopic (exact) mass is 464 g/mol. The molecule has 2 aliphatic heterocycles. The lowest BCUT2D eigenvalue weighted by Gasteiger charge is -2.26. The number of fused-ring (bicyclic) bond motifs is 1. The van der Waals surface area contributed by atoms with E-state index in [-0.39, 0.29) is 5.56 Å². The number of ether oxygens (including phenoxy) is 1.